The van der Waals surface area contributed by atoms with E-state index in [1.165, 1.54) is 0 Å². The fourth-order valence-corrected chi connectivity index (χ4v) is 6.33. The molecule has 2 rings (SSSR count). The first-order valence-corrected chi connectivity index (χ1v) is 15.5. The van der Waals surface area contributed by atoms with Crippen LogP contribution in [0.25, 0.3) is 0 Å². The standard InChI is InChI=1S/C27H40N4O4P2/c1-7-19-28-36(32,29-20-8-2)34-25-15-11-23(12-16-25)27(5,6)24-13-17-26(18-14-24)35-37(33,30-21-9-3)31-22-10-4/h7-9,11-18H,1-3,10,19-22H2,4-6H3,(H2,28,29,32)(H2,30,31,33). The summed E-state index contributed by atoms with van der Waals surface area (Å²) in [6, 6.07) is 15.1. The van der Waals surface area contributed by atoms with Crippen LogP contribution in [-0.4, -0.2) is 26.2 Å². The normalized spacial score (nSPS) is 13.4. The molecule has 0 aliphatic heterocycles. The van der Waals surface area contributed by atoms with Gasteiger partial charge in [0.05, 0.1) is 0 Å². The molecule has 0 radical (unpaired) electrons. The maximum Gasteiger partial charge on any atom is 0.391 e. The molecule has 0 aromatic heterocycles. The summed E-state index contributed by atoms with van der Waals surface area (Å²) in [5.74, 6) is 0.976. The van der Waals surface area contributed by atoms with E-state index in [0.29, 0.717) is 37.7 Å². The molecule has 8 nitrogen and oxygen atoms in total. The van der Waals surface area contributed by atoms with Crippen molar-refractivity contribution in [1.29, 1.82) is 0 Å². The van der Waals surface area contributed by atoms with Gasteiger partial charge in [0, 0.05) is 31.6 Å². The number of hydrogen-bond donors (Lipinski definition) is 4. The van der Waals surface area contributed by atoms with Crippen LogP contribution in [0.5, 0.6) is 11.5 Å². The minimum Gasteiger partial charge on any atom is -0.422 e. The molecular formula is C27H40N4O4P2. The van der Waals surface area contributed by atoms with Gasteiger partial charge in [0.2, 0.25) is 0 Å². The van der Waals surface area contributed by atoms with Crippen LogP contribution < -0.4 is 29.4 Å². The summed E-state index contributed by atoms with van der Waals surface area (Å²) < 4.78 is 37.8. The van der Waals surface area contributed by atoms with E-state index in [-0.39, 0.29) is 5.41 Å². The van der Waals surface area contributed by atoms with Crippen molar-refractivity contribution >= 4 is 15.3 Å². The lowest BCUT2D eigenvalue weighted by Gasteiger charge is -2.27. The van der Waals surface area contributed by atoms with Crippen LogP contribution in [0.3, 0.4) is 0 Å². The van der Waals surface area contributed by atoms with Gasteiger partial charge < -0.3 is 9.05 Å². The van der Waals surface area contributed by atoms with Crippen molar-refractivity contribution in [2.24, 2.45) is 0 Å². The second kappa shape index (κ2) is 14.5. The van der Waals surface area contributed by atoms with Crippen LogP contribution in [0.1, 0.15) is 38.3 Å². The fourth-order valence-electron chi connectivity index (χ4n) is 3.38. The van der Waals surface area contributed by atoms with Crippen LogP contribution in [0.15, 0.2) is 86.5 Å². The molecule has 2 aromatic rings. The Morgan fingerprint density at radius 3 is 1.38 bits per heavy atom. The van der Waals surface area contributed by atoms with Gasteiger partial charge in [-0.2, -0.15) is 0 Å². The molecule has 202 valence electrons. The van der Waals surface area contributed by atoms with E-state index in [1.807, 2.05) is 43.3 Å². The van der Waals surface area contributed by atoms with Crippen molar-refractivity contribution in [2.45, 2.75) is 32.6 Å². The minimum atomic E-state index is -3.32. The van der Waals surface area contributed by atoms with E-state index in [1.54, 1.807) is 30.4 Å². The van der Waals surface area contributed by atoms with Crippen LogP contribution >= 0.6 is 15.3 Å². The van der Waals surface area contributed by atoms with E-state index in [4.69, 9.17) is 9.05 Å². The van der Waals surface area contributed by atoms with Gasteiger partial charge in [0.15, 0.2) is 0 Å². The molecule has 0 saturated carbocycles. The van der Waals surface area contributed by atoms with Gasteiger partial charge in [0.1, 0.15) is 11.5 Å². The van der Waals surface area contributed by atoms with Gasteiger partial charge in [-0.15, -0.1) is 19.7 Å². The van der Waals surface area contributed by atoms with Crippen LogP contribution in [-0.2, 0) is 14.5 Å². The first-order valence-electron chi connectivity index (χ1n) is 12.2. The zero-order valence-electron chi connectivity index (χ0n) is 22.0. The maximum absolute atomic E-state index is 13.1. The summed E-state index contributed by atoms with van der Waals surface area (Å²) in [5, 5.41) is 11.6. The largest absolute Gasteiger partial charge is 0.422 e. The van der Waals surface area contributed by atoms with Crippen molar-refractivity contribution in [3.05, 3.63) is 97.6 Å². The van der Waals surface area contributed by atoms with E-state index in [2.05, 4.69) is 53.9 Å². The molecular weight excluding hydrogens is 506 g/mol. The van der Waals surface area contributed by atoms with Crippen molar-refractivity contribution in [3.63, 3.8) is 0 Å². The van der Waals surface area contributed by atoms with Crippen LogP contribution in [0.2, 0.25) is 0 Å². The topological polar surface area (TPSA) is 101 Å². The number of rotatable bonds is 18. The highest BCUT2D eigenvalue weighted by Crippen LogP contribution is 2.41. The van der Waals surface area contributed by atoms with Gasteiger partial charge in [-0.3, -0.25) is 0 Å². The molecule has 0 aliphatic rings. The molecule has 0 bridgehead atoms. The van der Waals surface area contributed by atoms with E-state index >= 15 is 0 Å². The monoisotopic (exact) mass is 546 g/mol. The Labute approximate surface area is 221 Å². The van der Waals surface area contributed by atoms with Gasteiger partial charge >= 0.3 is 15.3 Å². The number of benzene rings is 2. The van der Waals surface area contributed by atoms with Gasteiger partial charge in [-0.25, -0.2) is 29.5 Å². The smallest absolute Gasteiger partial charge is 0.391 e. The summed E-state index contributed by atoms with van der Waals surface area (Å²) in [7, 11) is -6.58. The van der Waals surface area contributed by atoms with Gasteiger partial charge in [-0.1, -0.05) is 63.3 Å². The average molecular weight is 547 g/mol. The Bertz CT molecular complexity index is 1100. The lowest BCUT2D eigenvalue weighted by atomic mass is 9.78. The highest BCUT2D eigenvalue weighted by molar-refractivity contribution is 7.55. The third-order valence-corrected chi connectivity index (χ3v) is 8.89. The summed E-state index contributed by atoms with van der Waals surface area (Å²) >= 11 is 0. The average Bonchev–Trinajstić information content (AvgIpc) is 2.89. The lowest BCUT2D eigenvalue weighted by molar-refractivity contribution is 0.454. The molecule has 0 saturated heterocycles. The summed E-state index contributed by atoms with van der Waals surface area (Å²) in [6.07, 6.45) is 5.70. The molecule has 0 heterocycles. The first-order chi connectivity index (χ1) is 17.6. The number of hydrogen-bond acceptors (Lipinski definition) is 4. The Morgan fingerprint density at radius 2 is 1.05 bits per heavy atom. The summed E-state index contributed by atoms with van der Waals surface area (Å²) in [6.45, 7) is 18.8. The summed E-state index contributed by atoms with van der Waals surface area (Å²) in [5.41, 5.74) is 1.76. The van der Waals surface area contributed by atoms with E-state index < -0.39 is 15.3 Å². The van der Waals surface area contributed by atoms with Crippen molar-refractivity contribution in [2.75, 3.05) is 26.2 Å². The summed E-state index contributed by atoms with van der Waals surface area (Å²) in [4.78, 5) is 0. The predicted octanol–water partition coefficient (Wildman–Crippen LogP) is 6.31. The highest BCUT2D eigenvalue weighted by Gasteiger charge is 2.27. The van der Waals surface area contributed by atoms with Crippen LogP contribution in [0, 0.1) is 0 Å². The first kappa shape index (κ1) is 30.8. The predicted molar refractivity (Wildman–Crippen MR) is 154 cm³/mol. The van der Waals surface area contributed by atoms with Gasteiger partial charge in [0.25, 0.3) is 0 Å². The SMILES string of the molecule is C=CCNP(=O)(NCC=C)Oc1ccc(C(C)(C)c2ccc(OP(=O)(NCC=C)NCCC)cc2)cc1. The lowest BCUT2D eigenvalue weighted by Crippen LogP contribution is -2.26. The Kier molecular flexibility index (Phi) is 12.1. The molecule has 2 aromatic carbocycles. The van der Waals surface area contributed by atoms with E-state index in [0.717, 1.165) is 17.5 Å². The minimum absolute atomic E-state index is 0.334. The van der Waals surface area contributed by atoms with Crippen molar-refractivity contribution < 1.29 is 18.2 Å². The quantitative estimate of drug-likeness (QED) is 0.127. The Hall–Kier alpha value is -2.44. The molecule has 1 unspecified atom stereocenters. The Morgan fingerprint density at radius 1 is 0.703 bits per heavy atom. The Balaban J connectivity index is 2.17. The molecule has 10 heteroatoms. The highest BCUT2D eigenvalue weighted by atomic mass is 31.2. The zero-order valence-corrected chi connectivity index (χ0v) is 23.8. The third kappa shape index (κ3) is 9.42. The van der Waals surface area contributed by atoms with Gasteiger partial charge in [-0.05, 0) is 41.8 Å². The molecule has 4 N–H and O–H groups in total. The molecule has 0 fully saturated rings. The maximum atomic E-state index is 13.1. The molecule has 0 aliphatic carbocycles. The second-order valence-electron chi connectivity index (χ2n) is 8.82. The van der Waals surface area contributed by atoms with E-state index in [9.17, 15) is 9.13 Å². The van der Waals surface area contributed by atoms with Crippen LogP contribution in [0.4, 0.5) is 0 Å². The molecule has 1 atom stereocenters. The van der Waals surface area contributed by atoms with Crippen molar-refractivity contribution in [3.8, 4) is 11.5 Å². The second-order valence-corrected chi connectivity index (χ2v) is 12.7. The molecule has 0 amide bonds. The van der Waals surface area contributed by atoms with Crippen molar-refractivity contribution in [1.82, 2.24) is 20.3 Å². The molecule has 0 spiro atoms. The fraction of sp³-hybridized carbons (Fsp3) is 0.333. The molecule has 37 heavy (non-hydrogen) atoms. The third-order valence-electron chi connectivity index (χ3n) is 5.52. The number of nitrogens with one attached hydrogen (secondary N) is 4. The zero-order chi connectivity index (χ0) is 27.4.